The molecule has 0 unspecified atom stereocenters. The summed E-state index contributed by atoms with van der Waals surface area (Å²) in [6, 6.07) is -0.461. The number of hydrogen-bond donors (Lipinski definition) is 0. The van der Waals surface area contributed by atoms with Crippen molar-refractivity contribution >= 4 is 23.2 Å². The van der Waals surface area contributed by atoms with Crippen molar-refractivity contribution in [3.05, 3.63) is 17.0 Å². The van der Waals surface area contributed by atoms with Crippen molar-refractivity contribution in [2.24, 2.45) is 0 Å². The lowest BCUT2D eigenvalue weighted by Crippen LogP contribution is -2.41. The average Bonchev–Trinajstić information content (AvgIpc) is 2.81. The minimum atomic E-state index is -3.28. The third-order valence-corrected chi connectivity index (χ3v) is 3.99. The van der Waals surface area contributed by atoms with E-state index in [1.54, 1.807) is 27.7 Å². The molecule has 0 bridgehead atoms. The summed E-state index contributed by atoms with van der Waals surface area (Å²) in [5.74, 6) is 0. The third kappa shape index (κ3) is 2.44. The fraction of sp³-hybridized carbons (Fsp3) is 0.692. The third-order valence-electron chi connectivity index (χ3n) is 3.17. The van der Waals surface area contributed by atoms with Crippen molar-refractivity contribution in [1.29, 1.82) is 0 Å². The first-order valence-corrected chi connectivity index (χ1v) is 6.14. The van der Waals surface area contributed by atoms with E-state index in [9.17, 15) is 0 Å². The Morgan fingerprint density at radius 3 is 2.65 bits per heavy atom. The van der Waals surface area contributed by atoms with Gasteiger partial charge in [-0.3, -0.25) is 0 Å². The van der Waals surface area contributed by atoms with Gasteiger partial charge in [-0.1, -0.05) is 13.2 Å². The Morgan fingerprint density at radius 2 is 2.06 bits per heavy atom. The summed E-state index contributed by atoms with van der Waals surface area (Å²) >= 11 is 0.732. The van der Waals surface area contributed by atoms with Crippen LogP contribution in [0.3, 0.4) is 0 Å². The molecule has 2 rings (SSSR count). The van der Waals surface area contributed by atoms with Gasteiger partial charge in [0.2, 0.25) is 0 Å². The molecule has 94 valence electrons. The summed E-state index contributed by atoms with van der Waals surface area (Å²) in [5, 5.41) is -0.419. The van der Waals surface area contributed by atoms with E-state index in [4.69, 9.17) is 21.6 Å². The first-order chi connectivity index (χ1) is 11.4. The van der Waals surface area contributed by atoms with E-state index in [0.29, 0.717) is 0 Å². The zero-order valence-corrected chi connectivity index (χ0v) is 11.1. The second kappa shape index (κ2) is 4.41. The van der Waals surface area contributed by atoms with Gasteiger partial charge in [0.15, 0.2) is 0 Å². The number of hydrogen-bond acceptors (Lipinski definition) is 3. The van der Waals surface area contributed by atoms with Gasteiger partial charge in [0, 0.05) is 14.4 Å². The van der Waals surface area contributed by atoms with Gasteiger partial charge in [-0.05, 0) is 51.0 Å². The minimum Gasteiger partial charge on any atom is -0.399 e. The topological polar surface area (TPSA) is 18.5 Å². The largest absolute Gasteiger partial charge is 0.505 e. The van der Waals surface area contributed by atoms with Crippen molar-refractivity contribution in [3.63, 3.8) is 0 Å². The molecule has 17 heavy (non-hydrogen) atoms. The number of rotatable bonds is 3. The molecule has 2 nitrogen and oxygen atoms in total. The lowest BCUT2D eigenvalue weighted by Gasteiger charge is -2.32. The van der Waals surface area contributed by atoms with Crippen LogP contribution in [-0.2, 0) is 15.7 Å². The van der Waals surface area contributed by atoms with Gasteiger partial charge >= 0.3 is 7.12 Å². The molecule has 4 heteroatoms. The Hall–Kier alpha value is -0.315. The highest BCUT2D eigenvalue weighted by molar-refractivity contribution is 7.20. The molecule has 1 saturated heterocycles. The molecule has 0 aliphatic carbocycles. The molecule has 1 aromatic rings. The van der Waals surface area contributed by atoms with Crippen LogP contribution in [0, 0.1) is 0 Å². The van der Waals surface area contributed by atoms with Crippen LogP contribution in [0.25, 0.3) is 0 Å². The Bertz CT molecular complexity index is 695. The van der Waals surface area contributed by atoms with Crippen LogP contribution in [0.15, 0.2) is 11.4 Å². The molecule has 0 radical (unpaired) electrons. The fourth-order valence-corrected chi connectivity index (χ4v) is 2.12. The van der Waals surface area contributed by atoms with E-state index in [0.717, 1.165) is 11.3 Å². The molecule has 0 spiro atoms. The van der Waals surface area contributed by atoms with Gasteiger partial charge in [0.1, 0.15) is 0 Å². The Morgan fingerprint density at radius 1 is 1.41 bits per heavy atom. The summed E-state index contributed by atoms with van der Waals surface area (Å²) in [6.45, 7) is 3.96. The second-order valence-corrected chi connectivity index (χ2v) is 5.75. The summed E-state index contributed by atoms with van der Waals surface area (Å²) in [6.07, 6.45) is -6.34. The highest BCUT2D eigenvalue weighted by Crippen LogP contribution is 2.36. The number of thiophene rings is 1. The maximum atomic E-state index is 8.27. The maximum absolute atomic E-state index is 8.27. The van der Waals surface area contributed by atoms with Gasteiger partial charge in [0.05, 0.1) is 13.9 Å². The quantitative estimate of drug-likeness (QED) is 0.779. The summed E-state index contributed by atoms with van der Waals surface area (Å²) < 4.78 is 81.6. The van der Waals surface area contributed by atoms with E-state index in [1.165, 1.54) is 0 Å². The van der Waals surface area contributed by atoms with E-state index in [1.807, 2.05) is 0 Å². The lowest BCUT2D eigenvalue weighted by atomic mass is 9.87. The van der Waals surface area contributed by atoms with Crippen LogP contribution >= 0.6 is 11.3 Å². The normalized spacial score (nSPS) is 32.2. The van der Waals surface area contributed by atoms with Crippen molar-refractivity contribution < 1.29 is 21.6 Å². The van der Waals surface area contributed by atoms with Crippen molar-refractivity contribution in [1.82, 2.24) is 0 Å². The summed E-state index contributed by atoms with van der Waals surface area (Å²) in [4.78, 5) is 0. The highest BCUT2D eigenvalue weighted by atomic mass is 32.1. The van der Waals surface area contributed by atoms with Crippen molar-refractivity contribution in [2.45, 2.75) is 58.5 Å². The molecule has 0 N–H and O–H groups in total. The summed E-state index contributed by atoms with van der Waals surface area (Å²) in [5.41, 5.74) is -2.01. The van der Waals surface area contributed by atoms with Crippen LogP contribution in [-0.4, -0.2) is 18.3 Å². The van der Waals surface area contributed by atoms with E-state index in [-0.39, 0.29) is 4.78 Å². The van der Waals surface area contributed by atoms with Crippen molar-refractivity contribution in [3.8, 4) is 0 Å². The second-order valence-electron chi connectivity index (χ2n) is 4.91. The zero-order chi connectivity index (χ0) is 20.5. The Labute approximate surface area is 121 Å². The van der Waals surface area contributed by atoms with Crippen LogP contribution in [0.1, 0.15) is 58.8 Å². The van der Waals surface area contributed by atoms with Gasteiger partial charge < -0.3 is 9.31 Å². The maximum Gasteiger partial charge on any atom is 0.505 e. The van der Waals surface area contributed by atoms with Gasteiger partial charge in [-0.2, -0.15) is 11.3 Å². The van der Waals surface area contributed by atoms with E-state index >= 15 is 0 Å². The first kappa shape index (κ1) is 5.76. The molecule has 2 heterocycles. The molecule has 0 amide bonds. The predicted molar refractivity (Wildman–Crippen MR) is 74.0 cm³/mol. The standard InChI is InChI=1S/C13H21BO2S/c1-6-7-10-8-11(17-9-10)14-15-12(2,3)13(4,5)16-14/h8-9H,6-7H2,1-5H3/i1D3,6D2,7D2,8D,9D. The smallest absolute Gasteiger partial charge is 0.399 e. The fourth-order valence-electron chi connectivity index (χ4n) is 1.46. The van der Waals surface area contributed by atoms with Gasteiger partial charge in [0.25, 0.3) is 0 Å². The molecular formula is C13H21BO2S. The van der Waals surface area contributed by atoms with Gasteiger partial charge in [-0.15, -0.1) is 0 Å². The SMILES string of the molecule is [2H]c1sc(B2OC(C)(C)C(C)(C)O2)c([2H])c1C([2H])([2H])C([2H])([2H])C([2H])([2H])[2H]. The molecule has 1 fully saturated rings. The lowest BCUT2D eigenvalue weighted by molar-refractivity contribution is 0.00578. The van der Waals surface area contributed by atoms with Crippen LogP contribution in [0.4, 0.5) is 0 Å². The molecule has 1 aromatic heterocycles. The molecule has 0 aromatic carbocycles. The predicted octanol–water partition coefficient (Wildman–Crippen LogP) is 3.00. The van der Waals surface area contributed by atoms with Gasteiger partial charge in [-0.25, -0.2) is 0 Å². The van der Waals surface area contributed by atoms with Crippen LogP contribution in [0.2, 0.25) is 0 Å². The zero-order valence-electron chi connectivity index (χ0n) is 19.3. The molecule has 1 aliphatic heterocycles. The molecule has 0 atom stereocenters. The molecule has 0 saturated carbocycles. The van der Waals surface area contributed by atoms with E-state index < -0.39 is 54.9 Å². The average molecular weight is 261 g/mol. The summed E-state index contributed by atoms with van der Waals surface area (Å²) in [7, 11) is -1.01. The minimum absolute atomic E-state index is 0.119. The highest BCUT2D eigenvalue weighted by Gasteiger charge is 2.52. The monoisotopic (exact) mass is 261 g/mol. The van der Waals surface area contributed by atoms with Crippen molar-refractivity contribution in [2.75, 3.05) is 0 Å². The Kier molecular flexibility index (Phi) is 1.50. The molecular weight excluding hydrogens is 231 g/mol. The van der Waals surface area contributed by atoms with E-state index in [2.05, 4.69) is 0 Å². The first-order valence-electron chi connectivity index (χ1n) is 9.83. The van der Waals surface area contributed by atoms with Crippen LogP contribution in [0.5, 0.6) is 0 Å². The van der Waals surface area contributed by atoms with Crippen LogP contribution < -0.4 is 4.78 Å². The molecule has 1 aliphatic rings. The Balaban J connectivity index is 2.53.